The molecule has 1 aliphatic heterocycles. The zero-order valence-corrected chi connectivity index (χ0v) is 47.3. The molecule has 0 saturated carbocycles. The first kappa shape index (κ1) is 62.9. The van der Waals surface area contributed by atoms with Gasteiger partial charge in [-0.1, -0.05) is 100 Å². The topological polar surface area (TPSA) is 348 Å². The fourth-order valence-electron chi connectivity index (χ4n) is 8.56. The van der Waals surface area contributed by atoms with E-state index in [0.29, 0.717) is 33.3 Å². The molecule has 1 saturated heterocycles. The van der Waals surface area contributed by atoms with Gasteiger partial charge in [-0.15, -0.1) is 0 Å². The van der Waals surface area contributed by atoms with E-state index >= 15 is 0 Å². The molecule has 25 heteroatoms. The number of carboxylic acids is 1. The number of para-hydroxylation sites is 2. The smallest absolute Gasteiger partial charge is 0.407 e. The van der Waals surface area contributed by atoms with Gasteiger partial charge in [0.1, 0.15) is 53.6 Å². The van der Waals surface area contributed by atoms with Crippen molar-refractivity contribution < 1.29 is 63.2 Å². The van der Waals surface area contributed by atoms with E-state index in [0.717, 1.165) is 21.6 Å². The van der Waals surface area contributed by atoms with Gasteiger partial charge in [0.2, 0.25) is 35.4 Å². The standard InChI is InChI=1S/C57H70N10O13S2/c1-33(68)47-53(75)65-46(54(76)77)32-82-81-31-45(64-50(72)43(27-34-15-7-5-8-16-34)66-55(78)60-37-17-9-6-10-18-37)52(74)62-42(28-35-22-24-38(69)25-23-35)49(71)63-44(29-36-30-59-40-20-12-11-19-39(36)40)51(73)61-41(48(70)67-47)21-13-14-26-58-56(79)80-57(2,3)4/h5-12,15-20,22-25,30,33,41-47,59,68-69H,13-14,21,26-29,31-32H2,1-4H3,(H,58,79)(H,61,73)(H,62,74)(H,63,71)(H,64,72)(H,65,75)(H,67,70)(H,76,77)(H2,60,66,78)/t33-,41+,42+,43-,44-,45+,46+,47+/m1/s1. The van der Waals surface area contributed by atoms with Gasteiger partial charge < -0.3 is 72.9 Å². The summed E-state index contributed by atoms with van der Waals surface area (Å²) in [4.78, 5) is 129. The molecule has 0 spiro atoms. The number of aromatic hydroxyl groups is 1. The molecule has 1 aliphatic rings. The van der Waals surface area contributed by atoms with Gasteiger partial charge in [0.25, 0.3) is 0 Å². The zero-order valence-electron chi connectivity index (χ0n) is 45.7. The third-order valence-electron chi connectivity index (χ3n) is 12.8. The number of hydrogen-bond donors (Lipinski definition) is 13. The van der Waals surface area contributed by atoms with Crippen LogP contribution in [0.1, 0.15) is 63.6 Å². The lowest BCUT2D eigenvalue weighted by atomic mass is 10.0. The van der Waals surface area contributed by atoms with Crippen molar-refractivity contribution >= 4 is 91.7 Å². The van der Waals surface area contributed by atoms with Crippen LogP contribution in [-0.4, -0.2) is 146 Å². The highest BCUT2D eigenvalue weighted by atomic mass is 33.1. The van der Waals surface area contributed by atoms with Crippen LogP contribution < -0.4 is 47.9 Å². The summed E-state index contributed by atoms with van der Waals surface area (Å²) < 4.78 is 5.32. The molecule has 13 N–H and O–H groups in total. The van der Waals surface area contributed by atoms with Crippen LogP contribution in [0.2, 0.25) is 0 Å². The number of ether oxygens (including phenoxy) is 1. The maximum absolute atomic E-state index is 15.0. The average Bonchev–Trinajstić information content (AvgIpc) is 4.04. The number of carbonyl (C=O) groups excluding carboxylic acids is 8. The zero-order chi connectivity index (χ0) is 59.3. The van der Waals surface area contributed by atoms with Crippen molar-refractivity contribution in [3.05, 3.63) is 132 Å². The van der Waals surface area contributed by atoms with E-state index in [1.54, 1.807) is 106 Å². The van der Waals surface area contributed by atoms with E-state index in [-0.39, 0.29) is 62.3 Å². The van der Waals surface area contributed by atoms with Gasteiger partial charge in [0.15, 0.2) is 0 Å². The molecule has 0 bridgehead atoms. The Morgan fingerprint density at radius 3 is 1.98 bits per heavy atom. The van der Waals surface area contributed by atoms with E-state index < -0.39 is 108 Å². The molecule has 438 valence electrons. The van der Waals surface area contributed by atoms with Crippen molar-refractivity contribution in [1.82, 2.24) is 47.5 Å². The van der Waals surface area contributed by atoms with E-state index in [9.17, 15) is 58.5 Å². The lowest BCUT2D eigenvalue weighted by Gasteiger charge is -2.29. The van der Waals surface area contributed by atoms with Gasteiger partial charge in [-0.25, -0.2) is 14.4 Å². The number of urea groups is 1. The number of nitrogens with one attached hydrogen (secondary N) is 10. The molecule has 1 fully saturated rings. The second-order valence-corrected chi connectivity index (χ2v) is 23.1. The van der Waals surface area contributed by atoms with Gasteiger partial charge in [-0.05, 0) is 94.0 Å². The first-order chi connectivity index (χ1) is 39.1. The van der Waals surface area contributed by atoms with Crippen LogP contribution in [0.4, 0.5) is 15.3 Å². The predicted molar refractivity (Wildman–Crippen MR) is 310 cm³/mol. The molecule has 6 rings (SSSR count). The molecule has 0 radical (unpaired) electrons. The molecule has 2 heterocycles. The van der Waals surface area contributed by atoms with Crippen molar-refractivity contribution in [3.63, 3.8) is 0 Å². The Morgan fingerprint density at radius 1 is 0.695 bits per heavy atom. The molecule has 1 aromatic heterocycles. The Hall–Kier alpha value is -8.29. The Kier molecular flexibility index (Phi) is 23.4. The normalized spacial score (nSPS) is 20.5. The third kappa shape index (κ3) is 20.1. The number of unbranched alkanes of at least 4 members (excludes halogenated alkanes) is 1. The molecule has 4 aromatic carbocycles. The van der Waals surface area contributed by atoms with Crippen LogP contribution in [0.3, 0.4) is 0 Å². The monoisotopic (exact) mass is 1170 g/mol. The number of rotatable bonds is 17. The first-order valence-electron chi connectivity index (χ1n) is 26.6. The number of carbonyl (C=O) groups is 9. The molecule has 8 atom stereocenters. The van der Waals surface area contributed by atoms with Gasteiger partial charge >= 0.3 is 18.1 Å². The number of anilines is 1. The number of H-pyrrole nitrogens is 1. The van der Waals surface area contributed by atoms with Gasteiger partial charge in [0, 0.05) is 60.1 Å². The van der Waals surface area contributed by atoms with Crippen LogP contribution in [0.25, 0.3) is 10.9 Å². The average molecular weight is 1170 g/mol. The quantitative estimate of drug-likeness (QED) is 0.0468. The van der Waals surface area contributed by atoms with Crippen LogP contribution in [0.15, 0.2) is 115 Å². The minimum atomic E-state index is -1.75. The highest BCUT2D eigenvalue weighted by Crippen LogP contribution is 2.25. The number of aromatic amines is 1. The summed E-state index contributed by atoms with van der Waals surface area (Å²) >= 11 is 0. The predicted octanol–water partition coefficient (Wildman–Crippen LogP) is 3.56. The van der Waals surface area contributed by atoms with E-state index in [1.807, 2.05) is 6.07 Å². The van der Waals surface area contributed by atoms with Crippen LogP contribution in [0.5, 0.6) is 5.75 Å². The maximum atomic E-state index is 15.0. The van der Waals surface area contributed by atoms with Gasteiger partial charge in [-0.3, -0.25) is 28.8 Å². The number of alkyl carbamates (subject to hydrolysis) is 1. The molecular weight excluding hydrogens is 1100 g/mol. The number of phenolic OH excluding ortho intramolecular Hbond substituents is 1. The summed E-state index contributed by atoms with van der Waals surface area (Å²) in [6, 6.07) is 18.9. The lowest BCUT2D eigenvalue weighted by molar-refractivity contribution is -0.142. The second kappa shape index (κ2) is 30.5. The molecule has 5 aromatic rings. The number of fused-ring (bicyclic) bond motifs is 1. The number of aromatic nitrogens is 1. The molecule has 9 amide bonds. The summed E-state index contributed by atoms with van der Waals surface area (Å²) in [5.41, 5.74) is 2.06. The van der Waals surface area contributed by atoms with Crippen LogP contribution in [0, 0.1) is 0 Å². The molecule has 23 nitrogen and oxygen atoms in total. The summed E-state index contributed by atoms with van der Waals surface area (Å²) in [5, 5.41) is 55.9. The van der Waals surface area contributed by atoms with Crippen molar-refractivity contribution in [3.8, 4) is 5.75 Å². The first-order valence-corrected chi connectivity index (χ1v) is 29.0. The molecule has 0 aliphatic carbocycles. The highest BCUT2D eigenvalue weighted by molar-refractivity contribution is 8.76. The van der Waals surface area contributed by atoms with Crippen molar-refractivity contribution in [2.24, 2.45) is 0 Å². The van der Waals surface area contributed by atoms with Crippen molar-refractivity contribution in [1.29, 1.82) is 0 Å². The Morgan fingerprint density at radius 2 is 1.30 bits per heavy atom. The number of hydrogen-bond acceptors (Lipinski definition) is 14. The Labute approximate surface area is 481 Å². The van der Waals surface area contributed by atoms with Crippen molar-refractivity contribution in [2.45, 2.75) is 120 Å². The summed E-state index contributed by atoms with van der Waals surface area (Å²) in [6.07, 6.45) is -0.679. The number of carboxylic acid groups (broad SMARTS) is 1. The molecule has 0 unspecified atom stereocenters. The second-order valence-electron chi connectivity index (χ2n) is 20.5. The van der Waals surface area contributed by atoms with E-state index in [2.05, 4.69) is 52.8 Å². The number of aliphatic carboxylic acids is 1. The molecule has 82 heavy (non-hydrogen) atoms. The van der Waals surface area contributed by atoms with E-state index in [4.69, 9.17) is 4.74 Å². The number of amides is 9. The van der Waals surface area contributed by atoms with Gasteiger partial charge in [-0.2, -0.15) is 0 Å². The largest absolute Gasteiger partial charge is 0.508 e. The Balaban J connectivity index is 1.37. The summed E-state index contributed by atoms with van der Waals surface area (Å²) in [5.74, 6) is -7.69. The fourth-order valence-corrected chi connectivity index (χ4v) is 10.9. The number of phenols is 1. The van der Waals surface area contributed by atoms with Crippen LogP contribution >= 0.6 is 21.6 Å². The minimum Gasteiger partial charge on any atom is -0.508 e. The number of aliphatic hydroxyl groups excluding tert-OH is 1. The van der Waals surface area contributed by atoms with Crippen molar-refractivity contribution in [2.75, 3.05) is 23.4 Å². The molecular formula is C57H70N10O13S2. The SMILES string of the molecule is C[C@@H](O)[C@@H]1NC(=O)[C@H](CCCCNC(=O)OC(C)(C)C)NC(=O)[C@@H](Cc2c[nH]c3ccccc23)NC(=O)[C@H](Cc2ccc(O)cc2)NC(=O)[C@@H](NC(=O)[C@@H](Cc2ccccc2)NC(=O)Nc2ccccc2)CSSC[C@@H](C(=O)O)NC1=O. The van der Waals surface area contributed by atoms with Crippen LogP contribution in [-0.2, 0) is 57.6 Å². The summed E-state index contributed by atoms with van der Waals surface area (Å²) in [7, 11) is 1.84. The number of benzene rings is 4. The third-order valence-corrected chi connectivity index (χ3v) is 15.2. The lowest BCUT2D eigenvalue weighted by Crippen LogP contribution is -2.62. The van der Waals surface area contributed by atoms with Gasteiger partial charge in [0.05, 0.1) is 6.10 Å². The van der Waals surface area contributed by atoms with E-state index in [1.165, 1.54) is 31.2 Å². The summed E-state index contributed by atoms with van der Waals surface area (Å²) in [6.45, 7) is 6.42. The minimum absolute atomic E-state index is 0.0308. The number of aliphatic hydroxyl groups is 1. The maximum Gasteiger partial charge on any atom is 0.407 e. The Bertz CT molecular complexity index is 3000. The fraction of sp³-hybridized carbons (Fsp3) is 0.386. The highest BCUT2D eigenvalue weighted by Gasteiger charge is 2.36.